The van der Waals surface area contributed by atoms with Crippen LogP contribution in [0, 0.1) is 29.1 Å². The summed E-state index contributed by atoms with van der Waals surface area (Å²) in [6, 6.07) is 1.50. The largest absolute Gasteiger partial charge is 0.432 e. The van der Waals surface area contributed by atoms with Gasteiger partial charge in [-0.1, -0.05) is 0 Å². The molecule has 1 fully saturated rings. The van der Waals surface area contributed by atoms with Gasteiger partial charge in [0.1, 0.15) is 22.9 Å². The van der Waals surface area contributed by atoms with Crippen LogP contribution in [0.5, 0.6) is 5.75 Å². The summed E-state index contributed by atoms with van der Waals surface area (Å²) < 4.78 is 105. The van der Waals surface area contributed by atoms with Gasteiger partial charge >= 0.3 is 6.11 Å². The van der Waals surface area contributed by atoms with Crippen LogP contribution in [0.4, 0.5) is 30.7 Å². The van der Waals surface area contributed by atoms with Crippen LogP contribution >= 0.6 is 0 Å². The molecule has 3 nitrogen and oxygen atoms in total. The summed E-state index contributed by atoms with van der Waals surface area (Å²) in [7, 11) is 0. The molecule has 152 valence electrons. The average molecular weight is 410 g/mol. The first-order valence-corrected chi connectivity index (χ1v) is 8.09. The van der Waals surface area contributed by atoms with Crippen LogP contribution < -0.4 is 4.74 Å². The van der Waals surface area contributed by atoms with Crippen molar-refractivity contribution < 1.29 is 45.3 Å². The Kier molecular flexibility index (Phi) is 5.53. The number of aliphatic hydroxyl groups excluding tert-OH is 1. The Morgan fingerprint density at radius 2 is 1.46 bits per heavy atom. The first-order valence-electron chi connectivity index (χ1n) is 8.09. The molecular weight excluding hydrogens is 397 g/mol. The van der Waals surface area contributed by atoms with Gasteiger partial charge < -0.3 is 14.6 Å². The fraction of sp³-hybridized carbons (Fsp3) is 0.333. The Morgan fingerprint density at radius 1 is 0.893 bits per heavy atom. The summed E-state index contributed by atoms with van der Waals surface area (Å²) in [5.41, 5.74) is -1.84. The summed E-state index contributed by atoms with van der Waals surface area (Å²) in [4.78, 5) is 0. The van der Waals surface area contributed by atoms with Gasteiger partial charge in [0, 0.05) is 12.1 Å². The highest BCUT2D eigenvalue weighted by Gasteiger charge is 2.42. The fourth-order valence-corrected chi connectivity index (χ4v) is 2.85. The maximum absolute atomic E-state index is 14.3. The zero-order valence-electron chi connectivity index (χ0n) is 14.0. The molecular formula is C18H13F7O3. The van der Waals surface area contributed by atoms with Gasteiger partial charge in [0.2, 0.25) is 0 Å². The van der Waals surface area contributed by atoms with E-state index in [1.807, 2.05) is 0 Å². The molecule has 0 spiro atoms. The maximum atomic E-state index is 14.3. The van der Waals surface area contributed by atoms with E-state index in [4.69, 9.17) is 4.74 Å². The predicted octanol–water partition coefficient (Wildman–Crippen LogP) is 4.72. The van der Waals surface area contributed by atoms with Crippen LogP contribution in [-0.2, 0) is 10.8 Å². The lowest BCUT2D eigenvalue weighted by atomic mass is 9.98. The molecule has 28 heavy (non-hydrogen) atoms. The van der Waals surface area contributed by atoms with E-state index in [0.717, 1.165) is 0 Å². The summed E-state index contributed by atoms with van der Waals surface area (Å²) >= 11 is 0. The number of hydrogen-bond donors (Lipinski definition) is 1. The summed E-state index contributed by atoms with van der Waals surface area (Å²) in [5.74, 6) is -10.0. The highest BCUT2D eigenvalue weighted by atomic mass is 19.3. The maximum Gasteiger partial charge on any atom is 0.432 e. The Bertz CT molecular complexity index is 833. The average Bonchev–Trinajstić information content (AvgIpc) is 2.59. The number of ether oxygens (including phenoxy) is 2. The number of benzene rings is 2. The Morgan fingerprint density at radius 3 is 1.96 bits per heavy atom. The van der Waals surface area contributed by atoms with E-state index in [1.165, 1.54) is 0 Å². The lowest BCUT2D eigenvalue weighted by Gasteiger charge is -2.27. The zero-order valence-corrected chi connectivity index (χ0v) is 14.0. The van der Waals surface area contributed by atoms with E-state index in [-0.39, 0.29) is 30.7 Å². The minimum absolute atomic E-state index is 0.0553. The molecule has 10 heteroatoms. The smallest absolute Gasteiger partial charge is 0.429 e. The molecule has 1 saturated heterocycles. The quantitative estimate of drug-likeness (QED) is 0.586. The first kappa shape index (κ1) is 20.4. The van der Waals surface area contributed by atoms with Crippen molar-refractivity contribution >= 4 is 0 Å². The number of aliphatic hydroxyl groups is 1. The van der Waals surface area contributed by atoms with E-state index < -0.39 is 58.7 Å². The molecule has 0 amide bonds. The minimum Gasteiger partial charge on any atom is -0.429 e. The zero-order chi connectivity index (χ0) is 20.6. The second kappa shape index (κ2) is 7.59. The van der Waals surface area contributed by atoms with Crippen molar-refractivity contribution in [2.45, 2.75) is 31.2 Å². The van der Waals surface area contributed by atoms with Crippen LogP contribution in [0.1, 0.15) is 30.1 Å². The van der Waals surface area contributed by atoms with Crippen LogP contribution in [0.2, 0.25) is 0 Å². The fourth-order valence-electron chi connectivity index (χ4n) is 2.85. The molecule has 2 atom stereocenters. The van der Waals surface area contributed by atoms with Crippen LogP contribution in [-0.4, -0.2) is 17.8 Å². The normalized spacial score (nSPS) is 20.3. The topological polar surface area (TPSA) is 38.7 Å². The molecule has 0 aromatic heterocycles. The van der Waals surface area contributed by atoms with Crippen molar-refractivity contribution in [2.75, 3.05) is 6.61 Å². The molecule has 1 aliphatic rings. The third kappa shape index (κ3) is 4.07. The van der Waals surface area contributed by atoms with Crippen LogP contribution in [0.25, 0.3) is 0 Å². The number of hydrogen-bond acceptors (Lipinski definition) is 3. The number of halogens is 7. The Labute approximate surface area is 154 Å². The van der Waals surface area contributed by atoms with E-state index in [0.29, 0.717) is 18.6 Å². The van der Waals surface area contributed by atoms with Crippen molar-refractivity contribution in [1.29, 1.82) is 0 Å². The molecule has 0 radical (unpaired) electrons. The summed E-state index contributed by atoms with van der Waals surface area (Å²) in [6.45, 7) is -0.0728. The highest BCUT2D eigenvalue weighted by Crippen LogP contribution is 2.38. The second-order valence-electron chi connectivity index (χ2n) is 6.23. The lowest BCUT2D eigenvalue weighted by molar-refractivity contribution is -0.189. The molecule has 1 N–H and O–H groups in total. The monoisotopic (exact) mass is 410 g/mol. The van der Waals surface area contributed by atoms with Gasteiger partial charge in [-0.15, -0.1) is 0 Å². The number of alkyl halides is 2. The molecule has 3 rings (SSSR count). The van der Waals surface area contributed by atoms with Gasteiger partial charge in [-0.05, 0) is 30.5 Å². The third-order valence-corrected chi connectivity index (χ3v) is 4.18. The Balaban J connectivity index is 1.89. The molecule has 0 bridgehead atoms. The van der Waals surface area contributed by atoms with Gasteiger partial charge in [-0.25, -0.2) is 22.0 Å². The molecule has 1 heterocycles. The van der Waals surface area contributed by atoms with Crippen molar-refractivity contribution in [3.8, 4) is 5.75 Å². The molecule has 2 aromatic carbocycles. The molecule has 2 unspecified atom stereocenters. The van der Waals surface area contributed by atoms with E-state index in [9.17, 15) is 35.8 Å². The van der Waals surface area contributed by atoms with Gasteiger partial charge in [0.05, 0.1) is 18.8 Å². The first-order chi connectivity index (χ1) is 13.1. The molecule has 1 aliphatic heterocycles. The van der Waals surface area contributed by atoms with Crippen molar-refractivity contribution in [2.24, 2.45) is 0 Å². The van der Waals surface area contributed by atoms with E-state index in [1.54, 1.807) is 0 Å². The van der Waals surface area contributed by atoms with Gasteiger partial charge in [0.25, 0.3) is 0 Å². The lowest BCUT2D eigenvalue weighted by Crippen LogP contribution is -2.27. The SMILES string of the molecule is OC1CCC(c2cc(F)c(C(F)(F)Oc3cc(F)c(F)c(F)c3)c(F)c2)OC1. The summed E-state index contributed by atoms with van der Waals surface area (Å²) in [6.07, 6.45) is -5.64. The van der Waals surface area contributed by atoms with Crippen LogP contribution in [0.15, 0.2) is 24.3 Å². The number of rotatable bonds is 4. The highest BCUT2D eigenvalue weighted by molar-refractivity contribution is 5.32. The van der Waals surface area contributed by atoms with Gasteiger partial charge in [0.15, 0.2) is 17.5 Å². The van der Waals surface area contributed by atoms with Crippen molar-refractivity contribution in [3.05, 3.63) is 64.5 Å². The van der Waals surface area contributed by atoms with Gasteiger partial charge in [-0.3, -0.25) is 0 Å². The summed E-state index contributed by atoms with van der Waals surface area (Å²) in [5, 5.41) is 9.36. The third-order valence-electron chi connectivity index (χ3n) is 4.18. The minimum atomic E-state index is -4.65. The standard InChI is InChI=1S/C18H13F7O3/c19-11-3-8(15-2-1-9(26)7-27-15)4-12(20)16(11)18(24,25)28-10-5-13(21)17(23)14(22)6-10/h3-6,9,15,26H,1-2,7H2. The molecule has 0 aliphatic carbocycles. The van der Waals surface area contributed by atoms with E-state index in [2.05, 4.69) is 4.74 Å². The Hall–Kier alpha value is -2.33. The molecule has 2 aromatic rings. The van der Waals surface area contributed by atoms with Gasteiger partial charge in [-0.2, -0.15) is 8.78 Å². The second-order valence-corrected chi connectivity index (χ2v) is 6.23. The van der Waals surface area contributed by atoms with E-state index >= 15 is 0 Å². The van der Waals surface area contributed by atoms with Crippen molar-refractivity contribution in [3.63, 3.8) is 0 Å². The van der Waals surface area contributed by atoms with Crippen LogP contribution in [0.3, 0.4) is 0 Å². The van der Waals surface area contributed by atoms with Crippen molar-refractivity contribution in [1.82, 2.24) is 0 Å². The molecule has 0 saturated carbocycles. The predicted molar refractivity (Wildman–Crippen MR) is 81.1 cm³/mol.